The fourth-order valence-electron chi connectivity index (χ4n) is 4.71. The number of hydrogen-bond donors (Lipinski definition) is 8. The number of para-hydroxylation sites is 1. The lowest BCUT2D eigenvalue weighted by atomic mass is 9.98. The van der Waals surface area contributed by atoms with Crippen LogP contribution < -0.4 is 32.7 Å². The normalized spacial score (nSPS) is 14.1. The Morgan fingerprint density at radius 2 is 1.56 bits per heavy atom. The summed E-state index contributed by atoms with van der Waals surface area (Å²) in [6.45, 7) is 7.11. The van der Waals surface area contributed by atoms with Crippen LogP contribution in [0.3, 0.4) is 0 Å². The molecule has 4 amide bonds. The minimum absolute atomic E-state index is 0.0390. The van der Waals surface area contributed by atoms with Gasteiger partial charge in [0.05, 0.1) is 6.04 Å². The van der Waals surface area contributed by atoms with Crippen molar-refractivity contribution in [1.29, 1.82) is 0 Å². The Morgan fingerprint density at radius 1 is 0.884 bits per heavy atom. The molecule has 2 rings (SSSR count). The molecule has 1 aromatic heterocycles. The molecule has 0 aliphatic rings. The number of H-pyrrole nitrogens is 1. The van der Waals surface area contributed by atoms with Crippen molar-refractivity contribution >= 4 is 40.5 Å². The van der Waals surface area contributed by atoms with Crippen molar-refractivity contribution in [3.05, 3.63) is 36.0 Å². The van der Waals surface area contributed by atoms with Crippen molar-refractivity contribution in [2.24, 2.45) is 23.3 Å². The van der Waals surface area contributed by atoms with Crippen LogP contribution in [-0.4, -0.2) is 76.9 Å². The second-order valence-electron chi connectivity index (χ2n) is 11.5. The molecule has 0 fully saturated rings. The number of carboxylic acid groups (broad SMARTS) is 1. The number of fused-ring (bicyclic) bond motifs is 1. The molecule has 13 nitrogen and oxygen atoms in total. The van der Waals surface area contributed by atoms with Gasteiger partial charge in [-0.05, 0) is 62.1 Å². The van der Waals surface area contributed by atoms with Crippen molar-refractivity contribution in [1.82, 2.24) is 26.3 Å². The van der Waals surface area contributed by atoms with Crippen LogP contribution in [0.2, 0.25) is 0 Å². The third-order valence-corrected chi connectivity index (χ3v) is 7.03. The van der Waals surface area contributed by atoms with Gasteiger partial charge >= 0.3 is 5.97 Å². The van der Waals surface area contributed by atoms with Crippen LogP contribution in [0.25, 0.3) is 10.9 Å². The van der Waals surface area contributed by atoms with E-state index in [2.05, 4.69) is 26.3 Å². The number of carboxylic acids is 1. The number of amides is 4. The molecule has 13 heteroatoms. The van der Waals surface area contributed by atoms with Gasteiger partial charge in [0.2, 0.25) is 23.6 Å². The Kier molecular flexibility index (Phi) is 14.1. The predicted molar refractivity (Wildman–Crippen MR) is 164 cm³/mol. The Labute approximate surface area is 252 Å². The number of aliphatic carboxylic acids is 1. The molecule has 1 heterocycles. The van der Waals surface area contributed by atoms with E-state index in [9.17, 15) is 24.0 Å². The van der Waals surface area contributed by atoms with Crippen molar-refractivity contribution in [2.45, 2.75) is 84.0 Å². The van der Waals surface area contributed by atoms with Gasteiger partial charge in [-0.1, -0.05) is 45.9 Å². The molecule has 0 aliphatic heterocycles. The number of unbranched alkanes of at least 4 members (excludes halogenated alkanes) is 1. The molecule has 0 saturated carbocycles. The first-order chi connectivity index (χ1) is 20.3. The van der Waals surface area contributed by atoms with E-state index in [1.54, 1.807) is 13.8 Å². The highest BCUT2D eigenvalue weighted by molar-refractivity contribution is 5.95. The highest BCUT2D eigenvalue weighted by Crippen LogP contribution is 2.19. The largest absolute Gasteiger partial charge is 0.480 e. The van der Waals surface area contributed by atoms with Crippen molar-refractivity contribution in [3.63, 3.8) is 0 Å². The zero-order chi connectivity index (χ0) is 32.1. The maximum absolute atomic E-state index is 13.4. The van der Waals surface area contributed by atoms with Gasteiger partial charge in [-0.3, -0.25) is 24.0 Å². The van der Waals surface area contributed by atoms with E-state index >= 15 is 0 Å². The highest BCUT2D eigenvalue weighted by Gasteiger charge is 2.32. The van der Waals surface area contributed by atoms with Gasteiger partial charge in [-0.25, -0.2) is 0 Å². The summed E-state index contributed by atoms with van der Waals surface area (Å²) in [5.41, 5.74) is 13.6. The summed E-state index contributed by atoms with van der Waals surface area (Å²) in [4.78, 5) is 66.6. The first-order valence-electron chi connectivity index (χ1n) is 14.7. The quantitative estimate of drug-likeness (QED) is 0.112. The fraction of sp³-hybridized carbons (Fsp3) is 0.567. The van der Waals surface area contributed by atoms with Crippen LogP contribution in [0.5, 0.6) is 0 Å². The molecule has 0 aliphatic carbocycles. The molecule has 1 aromatic carbocycles. The van der Waals surface area contributed by atoms with Crippen molar-refractivity contribution < 1.29 is 29.1 Å². The number of hydrogen-bond acceptors (Lipinski definition) is 7. The monoisotopic (exact) mass is 601 g/mol. The average molecular weight is 602 g/mol. The topological polar surface area (TPSA) is 222 Å². The molecule has 43 heavy (non-hydrogen) atoms. The highest BCUT2D eigenvalue weighted by atomic mass is 16.4. The molecular weight excluding hydrogens is 554 g/mol. The van der Waals surface area contributed by atoms with E-state index in [1.807, 2.05) is 44.3 Å². The van der Waals surface area contributed by atoms with Crippen LogP contribution in [0.1, 0.15) is 58.9 Å². The number of rotatable bonds is 18. The van der Waals surface area contributed by atoms with E-state index < -0.39 is 60.3 Å². The smallest absolute Gasteiger partial charge is 0.322 e. The fourth-order valence-corrected chi connectivity index (χ4v) is 4.71. The molecule has 2 aromatic rings. The first-order valence-corrected chi connectivity index (χ1v) is 14.7. The van der Waals surface area contributed by atoms with Gasteiger partial charge < -0.3 is 42.8 Å². The van der Waals surface area contributed by atoms with E-state index in [1.165, 1.54) is 0 Å². The Bertz CT molecular complexity index is 1240. The van der Waals surface area contributed by atoms with Gasteiger partial charge in [-0.2, -0.15) is 0 Å². The number of aromatic nitrogens is 1. The molecule has 0 unspecified atom stereocenters. The first kappa shape index (κ1) is 35.2. The number of benzene rings is 1. The van der Waals surface area contributed by atoms with Crippen molar-refractivity contribution in [3.8, 4) is 0 Å². The lowest BCUT2D eigenvalue weighted by molar-refractivity contribution is -0.138. The zero-order valence-corrected chi connectivity index (χ0v) is 25.4. The summed E-state index contributed by atoms with van der Waals surface area (Å²) in [5, 5.41) is 20.3. The molecule has 238 valence electrons. The van der Waals surface area contributed by atoms with E-state index in [0.717, 1.165) is 16.5 Å². The van der Waals surface area contributed by atoms with Crippen LogP contribution in [0, 0.1) is 11.8 Å². The maximum atomic E-state index is 13.4. The standard InChI is InChI=1S/C30H47N7O6/c1-17(2)13-24(36-27(40)21(32)14-19-15-33-22-10-6-5-9-20(19)22)29(42)37-26(18(3)4)30(43)35-23(11-7-8-12-31)28(41)34-16-25(38)39/h5-6,9-10,15,17-18,21,23-24,26,33H,7-8,11-14,16,31-32H2,1-4H3,(H,34,41)(H,35,43)(H,36,40)(H,37,42)(H,38,39)/t21-,23-,24-,26-/m0/s1. The van der Waals surface area contributed by atoms with Crippen molar-refractivity contribution in [2.75, 3.05) is 13.1 Å². The maximum Gasteiger partial charge on any atom is 0.322 e. The summed E-state index contributed by atoms with van der Waals surface area (Å²) in [5.74, 6) is -3.83. The minimum Gasteiger partial charge on any atom is -0.480 e. The number of nitrogens with two attached hydrogens (primary N) is 2. The van der Waals surface area contributed by atoms with Gasteiger partial charge in [0.25, 0.3) is 0 Å². The molecule has 4 atom stereocenters. The van der Waals surface area contributed by atoms with E-state index in [-0.39, 0.29) is 24.7 Å². The molecular formula is C30H47N7O6. The zero-order valence-electron chi connectivity index (χ0n) is 25.4. The Morgan fingerprint density at radius 3 is 2.19 bits per heavy atom. The number of nitrogens with one attached hydrogen (secondary N) is 5. The van der Waals surface area contributed by atoms with Gasteiger partial charge in [0.15, 0.2) is 0 Å². The van der Waals surface area contributed by atoms with Crippen LogP contribution in [-0.2, 0) is 30.4 Å². The minimum atomic E-state index is -1.22. The molecule has 0 saturated heterocycles. The van der Waals surface area contributed by atoms with Crippen LogP contribution in [0.15, 0.2) is 30.5 Å². The molecule has 0 radical (unpaired) electrons. The number of aromatic amines is 1. The van der Waals surface area contributed by atoms with E-state index in [0.29, 0.717) is 25.8 Å². The Hall–Kier alpha value is -3.97. The third kappa shape index (κ3) is 11.3. The molecule has 0 spiro atoms. The second kappa shape index (κ2) is 17.2. The summed E-state index contributed by atoms with van der Waals surface area (Å²) in [6.07, 6.45) is 3.77. The van der Waals surface area contributed by atoms with Crippen LogP contribution in [0.4, 0.5) is 0 Å². The molecule has 0 bridgehead atoms. The van der Waals surface area contributed by atoms with Gasteiger partial charge in [0.1, 0.15) is 24.7 Å². The predicted octanol–water partition coefficient (Wildman–Crippen LogP) is 0.524. The molecule has 10 N–H and O–H groups in total. The number of carbonyl (C=O) groups is 5. The summed E-state index contributed by atoms with van der Waals surface area (Å²) in [7, 11) is 0. The third-order valence-electron chi connectivity index (χ3n) is 7.03. The lowest BCUT2D eigenvalue weighted by Crippen LogP contribution is -2.59. The van der Waals surface area contributed by atoms with Gasteiger partial charge in [0, 0.05) is 17.1 Å². The number of carbonyl (C=O) groups excluding carboxylic acids is 4. The summed E-state index contributed by atoms with van der Waals surface area (Å²) in [6, 6.07) is 3.79. The lowest BCUT2D eigenvalue weighted by Gasteiger charge is -2.28. The van der Waals surface area contributed by atoms with Crippen LogP contribution >= 0.6 is 0 Å². The SMILES string of the molecule is CC(C)C[C@H](NC(=O)[C@@H](N)Cc1c[nH]c2ccccc12)C(=O)N[C@H](C(=O)N[C@@H](CCCCN)C(=O)NCC(=O)O)C(C)C. The van der Waals surface area contributed by atoms with Gasteiger partial charge in [-0.15, -0.1) is 0 Å². The summed E-state index contributed by atoms with van der Waals surface area (Å²) >= 11 is 0. The Balaban J connectivity index is 2.12. The summed E-state index contributed by atoms with van der Waals surface area (Å²) < 4.78 is 0. The second-order valence-corrected chi connectivity index (χ2v) is 11.5. The van der Waals surface area contributed by atoms with E-state index in [4.69, 9.17) is 16.6 Å². The average Bonchev–Trinajstić information content (AvgIpc) is 3.35.